The summed E-state index contributed by atoms with van der Waals surface area (Å²) in [5.74, 6) is -2.59. The van der Waals surface area contributed by atoms with E-state index in [1.165, 1.54) is 12.1 Å². The van der Waals surface area contributed by atoms with Crippen LogP contribution in [0.15, 0.2) is 18.2 Å². The summed E-state index contributed by atoms with van der Waals surface area (Å²) in [6, 6.07) is 3.57. The van der Waals surface area contributed by atoms with Crippen LogP contribution < -0.4 is 0 Å². The molecule has 7 nitrogen and oxygen atoms in total. The van der Waals surface area contributed by atoms with Crippen LogP contribution in [0.2, 0.25) is 0 Å². The first-order valence-corrected chi connectivity index (χ1v) is 5.11. The normalized spacial score (nSPS) is 10.3. The topological polar surface area (TPSA) is 89.9 Å². The van der Waals surface area contributed by atoms with Gasteiger partial charge in [0, 0.05) is 5.56 Å². The second kappa shape index (κ2) is 4.78. The minimum Gasteiger partial charge on any atom is -0.460 e. The minimum atomic E-state index is -1.01. The van der Waals surface area contributed by atoms with Crippen LogP contribution >= 0.6 is 0 Å². The lowest BCUT2D eigenvalue weighted by Crippen LogP contribution is -2.19. The van der Waals surface area contributed by atoms with E-state index in [4.69, 9.17) is 0 Å². The third-order valence-electron chi connectivity index (χ3n) is 2.17. The molecular weight excluding hydrogens is 243 g/mol. The third-order valence-corrected chi connectivity index (χ3v) is 2.17. The van der Waals surface area contributed by atoms with Gasteiger partial charge in [-0.1, -0.05) is 0 Å². The first-order chi connectivity index (χ1) is 8.63. The standard InChI is InChI=1S/C10H9FN4O3/c1-2-18-10(17)9(16)6-3-4-8(7(11)5-6)15-13-12-14-15/h3-5H,2H2,1H3,(H,13,14). The van der Waals surface area contributed by atoms with Crippen LogP contribution in [0.25, 0.3) is 5.69 Å². The summed E-state index contributed by atoms with van der Waals surface area (Å²) >= 11 is 0. The maximum atomic E-state index is 13.6. The molecule has 0 aliphatic carbocycles. The fraction of sp³-hybridized carbons (Fsp3) is 0.200. The van der Waals surface area contributed by atoms with Crippen molar-refractivity contribution >= 4 is 11.8 Å². The van der Waals surface area contributed by atoms with Gasteiger partial charge in [0.25, 0.3) is 5.78 Å². The Morgan fingerprint density at radius 1 is 1.50 bits per heavy atom. The van der Waals surface area contributed by atoms with Crippen LogP contribution in [0.5, 0.6) is 0 Å². The van der Waals surface area contributed by atoms with Gasteiger partial charge >= 0.3 is 5.97 Å². The summed E-state index contributed by atoms with van der Waals surface area (Å²) < 4.78 is 18.2. The molecule has 0 atom stereocenters. The number of hydrogen-bond donors (Lipinski definition) is 1. The maximum Gasteiger partial charge on any atom is 0.379 e. The zero-order valence-electron chi connectivity index (χ0n) is 9.38. The second-order valence-electron chi connectivity index (χ2n) is 3.32. The molecule has 0 saturated heterocycles. The van der Waals surface area contributed by atoms with Crippen molar-refractivity contribution in [2.75, 3.05) is 6.61 Å². The Kier molecular flexibility index (Phi) is 3.18. The second-order valence-corrected chi connectivity index (χ2v) is 3.32. The predicted octanol–water partition coefficient (Wildman–Crippen LogP) is 0.480. The Hall–Kier alpha value is -2.51. The molecule has 2 rings (SSSR count). The molecule has 0 fully saturated rings. The van der Waals surface area contributed by atoms with Crippen molar-refractivity contribution in [3.05, 3.63) is 29.6 Å². The van der Waals surface area contributed by atoms with E-state index >= 15 is 0 Å². The average Bonchev–Trinajstić information content (AvgIpc) is 2.28. The van der Waals surface area contributed by atoms with Gasteiger partial charge in [-0.15, -0.1) is 4.80 Å². The van der Waals surface area contributed by atoms with Gasteiger partial charge in [0.1, 0.15) is 5.69 Å². The van der Waals surface area contributed by atoms with Gasteiger partial charge in [0.05, 0.1) is 6.61 Å². The van der Waals surface area contributed by atoms with Crippen molar-refractivity contribution < 1.29 is 18.7 Å². The SMILES string of the molecule is CCOC(=O)C(=O)c1ccc(-n2nn[nH]2)c(F)c1. The number of nitrogens with one attached hydrogen (secondary N) is 1. The van der Waals surface area contributed by atoms with Crippen LogP contribution in [0, 0.1) is 5.82 Å². The van der Waals surface area contributed by atoms with Gasteiger partial charge in [-0.25, -0.2) is 9.18 Å². The summed E-state index contributed by atoms with van der Waals surface area (Å²) in [6.07, 6.45) is 0. The third kappa shape index (κ3) is 2.12. The maximum absolute atomic E-state index is 13.6. The zero-order chi connectivity index (χ0) is 13.1. The monoisotopic (exact) mass is 252 g/mol. The molecule has 1 N–H and O–H groups in total. The van der Waals surface area contributed by atoms with Crippen molar-refractivity contribution in [1.82, 2.24) is 20.4 Å². The number of H-pyrrole nitrogens is 1. The Labute approximate surface area is 100 Å². The minimum absolute atomic E-state index is 0.0767. The van der Waals surface area contributed by atoms with E-state index in [2.05, 4.69) is 20.4 Å². The number of nitrogens with zero attached hydrogens (tertiary/aromatic N) is 3. The number of carbonyl (C=O) groups excluding carboxylic acids is 2. The lowest BCUT2D eigenvalue weighted by molar-refractivity contribution is -0.137. The van der Waals surface area contributed by atoms with Gasteiger partial charge < -0.3 is 4.74 Å². The highest BCUT2D eigenvalue weighted by molar-refractivity contribution is 6.40. The molecule has 0 radical (unpaired) electrons. The number of ketones is 1. The smallest absolute Gasteiger partial charge is 0.379 e. The van der Waals surface area contributed by atoms with E-state index in [0.29, 0.717) is 0 Å². The van der Waals surface area contributed by atoms with Crippen LogP contribution in [0.3, 0.4) is 0 Å². The van der Waals surface area contributed by atoms with Gasteiger partial charge in [-0.3, -0.25) is 4.79 Å². The lowest BCUT2D eigenvalue weighted by Gasteiger charge is -2.07. The van der Waals surface area contributed by atoms with Crippen LogP contribution in [0.4, 0.5) is 4.39 Å². The largest absolute Gasteiger partial charge is 0.460 e. The van der Waals surface area contributed by atoms with Crippen molar-refractivity contribution in [2.24, 2.45) is 0 Å². The Morgan fingerprint density at radius 3 is 2.72 bits per heavy atom. The number of esters is 1. The summed E-state index contributed by atoms with van der Waals surface area (Å²) in [5, 5.41) is 9.16. The number of halogens is 1. The number of ether oxygens (including phenoxy) is 1. The van der Waals surface area contributed by atoms with Gasteiger partial charge in [0.15, 0.2) is 5.82 Å². The van der Waals surface area contributed by atoms with Crippen LogP contribution in [0.1, 0.15) is 17.3 Å². The molecule has 0 amide bonds. The lowest BCUT2D eigenvalue weighted by atomic mass is 10.1. The molecule has 1 aromatic carbocycles. The molecule has 0 unspecified atom stereocenters. The molecule has 1 aromatic heterocycles. The van der Waals surface area contributed by atoms with Gasteiger partial charge in [-0.2, -0.15) is 5.21 Å². The Morgan fingerprint density at radius 2 is 2.22 bits per heavy atom. The van der Waals surface area contributed by atoms with Gasteiger partial charge in [-0.05, 0) is 35.5 Å². The van der Waals surface area contributed by atoms with Crippen molar-refractivity contribution in [3.8, 4) is 5.69 Å². The molecule has 0 bridgehead atoms. The molecule has 18 heavy (non-hydrogen) atoms. The molecule has 94 valence electrons. The van der Waals surface area contributed by atoms with Crippen LogP contribution in [-0.2, 0) is 9.53 Å². The number of benzene rings is 1. The quantitative estimate of drug-likeness (QED) is 0.485. The molecular formula is C10H9FN4O3. The van der Waals surface area contributed by atoms with E-state index in [1.54, 1.807) is 6.92 Å². The first-order valence-electron chi connectivity index (χ1n) is 5.11. The summed E-state index contributed by atoms with van der Waals surface area (Å²) in [6.45, 7) is 1.67. The average molecular weight is 252 g/mol. The van der Waals surface area contributed by atoms with E-state index in [0.717, 1.165) is 10.9 Å². The fourth-order valence-corrected chi connectivity index (χ4v) is 1.33. The highest BCUT2D eigenvalue weighted by Crippen LogP contribution is 2.14. The molecule has 8 heteroatoms. The van der Waals surface area contributed by atoms with Crippen molar-refractivity contribution in [2.45, 2.75) is 6.92 Å². The molecule has 2 aromatic rings. The number of aromatic amines is 1. The highest BCUT2D eigenvalue weighted by Gasteiger charge is 2.19. The summed E-state index contributed by atoms with van der Waals surface area (Å²) in [5.41, 5.74) is 0.0255. The fourth-order valence-electron chi connectivity index (χ4n) is 1.33. The Balaban J connectivity index is 2.25. The number of aromatic nitrogens is 4. The highest BCUT2D eigenvalue weighted by atomic mass is 19.1. The number of hydrogen-bond acceptors (Lipinski definition) is 5. The van der Waals surface area contributed by atoms with Crippen LogP contribution in [-0.4, -0.2) is 38.8 Å². The molecule has 0 saturated carbocycles. The first kappa shape index (κ1) is 12.0. The van der Waals surface area contributed by atoms with E-state index in [9.17, 15) is 14.0 Å². The van der Waals surface area contributed by atoms with E-state index < -0.39 is 17.6 Å². The van der Waals surface area contributed by atoms with E-state index in [1.807, 2.05) is 0 Å². The van der Waals surface area contributed by atoms with Crippen molar-refractivity contribution in [3.63, 3.8) is 0 Å². The van der Waals surface area contributed by atoms with Crippen molar-refractivity contribution in [1.29, 1.82) is 0 Å². The molecule has 0 aliphatic heterocycles. The molecule has 0 spiro atoms. The number of Topliss-reactive ketones (excluding diaryl/α,β-unsaturated/α-hetero) is 1. The van der Waals surface area contributed by atoms with E-state index in [-0.39, 0.29) is 17.9 Å². The molecule has 0 aliphatic rings. The number of rotatable bonds is 4. The summed E-state index contributed by atoms with van der Waals surface area (Å²) in [7, 11) is 0. The summed E-state index contributed by atoms with van der Waals surface area (Å²) in [4.78, 5) is 23.8. The molecule has 1 heterocycles. The Bertz CT molecular complexity index is 580. The zero-order valence-corrected chi connectivity index (χ0v) is 9.38. The number of carbonyl (C=O) groups is 2. The predicted molar refractivity (Wildman–Crippen MR) is 56.6 cm³/mol. The van der Waals surface area contributed by atoms with Gasteiger partial charge in [0.2, 0.25) is 0 Å².